The van der Waals surface area contributed by atoms with E-state index in [1.165, 1.54) is 16.3 Å². The van der Waals surface area contributed by atoms with Crippen LogP contribution in [0.2, 0.25) is 0 Å². The second kappa shape index (κ2) is 7.97. The van der Waals surface area contributed by atoms with Gasteiger partial charge in [-0.05, 0) is 43.2 Å². The third-order valence-corrected chi connectivity index (χ3v) is 3.44. The molecule has 0 unspecified atom stereocenters. The Bertz CT molecular complexity index is 723. The molecule has 0 atom stereocenters. The molecule has 0 radical (unpaired) electrons. The zero-order valence-electron chi connectivity index (χ0n) is 14.5. The van der Waals surface area contributed by atoms with Crippen molar-refractivity contribution in [2.75, 3.05) is 13.7 Å². The molecule has 2 aromatic rings. The lowest BCUT2D eigenvalue weighted by Crippen LogP contribution is -2.22. The van der Waals surface area contributed by atoms with E-state index in [2.05, 4.69) is 75.1 Å². The molecular weight excluding hydrogens is 282 g/mol. The fourth-order valence-electron chi connectivity index (χ4n) is 2.31. The topological polar surface area (TPSA) is 12.5 Å². The summed E-state index contributed by atoms with van der Waals surface area (Å²) in [5.74, 6) is 6.28. The molecule has 2 rings (SSSR count). The van der Waals surface area contributed by atoms with Crippen LogP contribution in [0.5, 0.6) is 0 Å². The normalized spacial score (nSPS) is 11.9. The summed E-state index contributed by atoms with van der Waals surface area (Å²) < 4.78 is 0. The van der Waals surface area contributed by atoms with Gasteiger partial charge in [-0.25, -0.2) is 0 Å². The van der Waals surface area contributed by atoms with Crippen molar-refractivity contribution in [3.8, 4) is 11.8 Å². The maximum Gasteiger partial charge on any atom is 0.0575 e. The van der Waals surface area contributed by atoms with Gasteiger partial charge in [-0.3, -0.25) is 0 Å². The van der Waals surface area contributed by atoms with Gasteiger partial charge in [-0.2, -0.15) is 5.06 Å². The van der Waals surface area contributed by atoms with Crippen molar-refractivity contribution < 1.29 is 4.84 Å². The SMILES string of the molecule is CON(C/C=C\C#CC(C)(C)C)Cc1cccc2ccccc12. The predicted molar refractivity (Wildman–Crippen MR) is 97.7 cm³/mol. The molecule has 0 aromatic heterocycles. The van der Waals surface area contributed by atoms with Gasteiger partial charge in [0, 0.05) is 12.0 Å². The molecule has 120 valence electrons. The van der Waals surface area contributed by atoms with Crippen LogP contribution in [-0.4, -0.2) is 18.7 Å². The zero-order chi connectivity index (χ0) is 16.7. The van der Waals surface area contributed by atoms with E-state index in [9.17, 15) is 0 Å². The Morgan fingerprint density at radius 1 is 1.09 bits per heavy atom. The summed E-state index contributed by atoms with van der Waals surface area (Å²) in [7, 11) is 1.71. The Balaban J connectivity index is 2.04. The minimum Gasteiger partial charge on any atom is -0.302 e. The van der Waals surface area contributed by atoms with Gasteiger partial charge in [0.2, 0.25) is 0 Å². The number of hydrogen-bond donors (Lipinski definition) is 0. The van der Waals surface area contributed by atoms with Crippen LogP contribution in [0.1, 0.15) is 26.3 Å². The third-order valence-electron chi connectivity index (χ3n) is 3.44. The van der Waals surface area contributed by atoms with Crippen molar-refractivity contribution >= 4 is 10.8 Å². The van der Waals surface area contributed by atoms with Crippen molar-refractivity contribution in [2.45, 2.75) is 27.3 Å². The van der Waals surface area contributed by atoms with Crippen LogP contribution >= 0.6 is 0 Å². The first-order valence-corrected chi connectivity index (χ1v) is 7.93. The minimum atomic E-state index is 0.0359. The Hall–Kier alpha value is -2.08. The van der Waals surface area contributed by atoms with Gasteiger partial charge >= 0.3 is 0 Å². The van der Waals surface area contributed by atoms with Crippen LogP contribution in [0.15, 0.2) is 54.6 Å². The van der Waals surface area contributed by atoms with Crippen molar-refractivity contribution in [3.63, 3.8) is 0 Å². The summed E-state index contributed by atoms with van der Waals surface area (Å²) in [6.45, 7) is 7.77. The number of hydrogen-bond acceptors (Lipinski definition) is 2. The van der Waals surface area contributed by atoms with Crippen LogP contribution in [0.25, 0.3) is 10.8 Å². The maximum absolute atomic E-state index is 5.48. The molecule has 0 bridgehead atoms. The minimum absolute atomic E-state index is 0.0359. The monoisotopic (exact) mass is 307 g/mol. The second-order valence-corrected chi connectivity index (χ2v) is 6.57. The van der Waals surface area contributed by atoms with Gasteiger partial charge in [0.05, 0.1) is 13.7 Å². The maximum atomic E-state index is 5.48. The molecule has 0 amide bonds. The van der Waals surface area contributed by atoms with E-state index >= 15 is 0 Å². The lowest BCUT2D eigenvalue weighted by Gasteiger charge is -2.18. The van der Waals surface area contributed by atoms with E-state index in [4.69, 9.17) is 4.84 Å². The van der Waals surface area contributed by atoms with Crippen LogP contribution in [-0.2, 0) is 11.4 Å². The highest BCUT2D eigenvalue weighted by Gasteiger charge is 2.06. The molecule has 0 saturated heterocycles. The van der Waals surface area contributed by atoms with E-state index in [1.807, 2.05) is 17.2 Å². The number of nitrogens with zero attached hydrogens (tertiary/aromatic N) is 1. The Morgan fingerprint density at radius 3 is 2.57 bits per heavy atom. The fraction of sp³-hybridized carbons (Fsp3) is 0.333. The lowest BCUT2D eigenvalue weighted by molar-refractivity contribution is -0.129. The second-order valence-electron chi connectivity index (χ2n) is 6.57. The van der Waals surface area contributed by atoms with Crippen LogP contribution in [0.4, 0.5) is 0 Å². The van der Waals surface area contributed by atoms with Gasteiger partial charge in [-0.1, -0.05) is 60.4 Å². The first-order chi connectivity index (χ1) is 11.0. The van der Waals surface area contributed by atoms with Gasteiger partial charge in [0.25, 0.3) is 0 Å². The average molecular weight is 307 g/mol. The van der Waals surface area contributed by atoms with Gasteiger partial charge in [-0.15, -0.1) is 0 Å². The molecule has 23 heavy (non-hydrogen) atoms. The molecule has 0 saturated carbocycles. The summed E-state index contributed by atoms with van der Waals surface area (Å²) in [6, 6.07) is 14.8. The molecule has 2 aromatic carbocycles. The third kappa shape index (κ3) is 5.56. The molecule has 2 nitrogen and oxygen atoms in total. The highest BCUT2D eigenvalue weighted by Crippen LogP contribution is 2.20. The zero-order valence-corrected chi connectivity index (χ0v) is 14.5. The van der Waals surface area contributed by atoms with Gasteiger partial charge in [0.15, 0.2) is 0 Å². The highest BCUT2D eigenvalue weighted by molar-refractivity contribution is 5.85. The van der Waals surface area contributed by atoms with Crippen molar-refractivity contribution in [2.24, 2.45) is 5.41 Å². The molecule has 2 heteroatoms. The van der Waals surface area contributed by atoms with Gasteiger partial charge < -0.3 is 4.84 Å². The Kier molecular flexibility index (Phi) is 5.98. The largest absolute Gasteiger partial charge is 0.302 e. The molecule has 0 fully saturated rings. The molecule has 0 spiro atoms. The summed E-state index contributed by atoms with van der Waals surface area (Å²) in [4.78, 5) is 5.48. The number of rotatable bonds is 5. The van der Waals surface area contributed by atoms with Crippen molar-refractivity contribution in [3.05, 3.63) is 60.2 Å². The number of hydroxylamine groups is 2. The molecule has 0 N–H and O–H groups in total. The smallest absolute Gasteiger partial charge is 0.0575 e. The first-order valence-electron chi connectivity index (χ1n) is 7.93. The first kappa shape index (κ1) is 17.3. The van der Waals surface area contributed by atoms with E-state index in [1.54, 1.807) is 7.11 Å². The standard InChI is InChI=1S/C21H25NO/c1-21(2,3)15-8-5-9-16-22(23-4)17-19-13-10-12-18-11-6-7-14-20(18)19/h5-7,9-14H,16-17H2,1-4H3/b9-5-. The average Bonchev–Trinajstić information content (AvgIpc) is 2.52. The molecular formula is C21H25NO. The van der Waals surface area contributed by atoms with Crippen LogP contribution in [0.3, 0.4) is 0 Å². The van der Waals surface area contributed by atoms with Crippen LogP contribution < -0.4 is 0 Å². The van der Waals surface area contributed by atoms with Gasteiger partial charge in [0.1, 0.15) is 0 Å². The predicted octanol–water partition coefficient (Wildman–Crippen LogP) is 4.81. The van der Waals surface area contributed by atoms with Crippen molar-refractivity contribution in [1.29, 1.82) is 0 Å². The van der Waals surface area contributed by atoms with E-state index in [0.717, 1.165) is 6.54 Å². The van der Waals surface area contributed by atoms with Crippen molar-refractivity contribution in [1.82, 2.24) is 5.06 Å². The number of fused-ring (bicyclic) bond motifs is 1. The molecule has 0 aliphatic rings. The number of benzene rings is 2. The summed E-state index contributed by atoms with van der Waals surface area (Å²) in [6.07, 6.45) is 3.94. The summed E-state index contributed by atoms with van der Waals surface area (Å²) in [5.41, 5.74) is 1.30. The summed E-state index contributed by atoms with van der Waals surface area (Å²) >= 11 is 0. The molecule has 0 heterocycles. The highest BCUT2D eigenvalue weighted by atomic mass is 16.7. The molecule has 0 aliphatic heterocycles. The van der Waals surface area contributed by atoms with E-state index in [-0.39, 0.29) is 5.41 Å². The lowest BCUT2D eigenvalue weighted by atomic mass is 9.98. The van der Waals surface area contributed by atoms with E-state index < -0.39 is 0 Å². The quantitative estimate of drug-likeness (QED) is 0.580. The van der Waals surface area contributed by atoms with E-state index in [0.29, 0.717) is 6.54 Å². The summed E-state index contributed by atoms with van der Waals surface area (Å²) in [5, 5.41) is 4.46. The molecule has 0 aliphatic carbocycles. The number of allylic oxidation sites excluding steroid dienone is 1. The van der Waals surface area contributed by atoms with Crippen LogP contribution in [0, 0.1) is 17.3 Å². The fourth-order valence-corrected chi connectivity index (χ4v) is 2.31. The Morgan fingerprint density at radius 2 is 1.83 bits per heavy atom. The Labute approximate surface area is 139 Å².